The smallest absolute Gasteiger partial charge is 0.274 e. The van der Waals surface area contributed by atoms with Crippen LogP contribution >= 0.6 is 0 Å². The van der Waals surface area contributed by atoms with Gasteiger partial charge < -0.3 is 10.2 Å². The van der Waals surface area contributed by atoms with E-state index >= 15 is 0 Å². The Balaban J connectivity index is 2.62. The zero-order valence-corrected chi connectivity index (χ0v) is 15.3. The summed E-state index contributed by atoms with van der Waals surface area (Å²) in [6.45, 7) is 9.28. The van der Waals surface area contributed by atoms with E-state index in [9.17, 15) is 9.59 Å². The van der Waals surface area contributed by atoms with Crippen LogP contribution in [0, 0.1) is 5.92 Å². The highest BCUT2D eigenvalue weighted by atomic mass is 16.2. The Morgan fingerprint density at radius 1 is 1.17 bits per heavy atom. The summed E-state index contributed by atoms with van der Waals surface area (Å²) in [6, 6.07) is 0.127. The molecule has 0 aliphatic rings. The van der Waals surface area contributed by atoms with Gasteiger partial charge in [0.25, 0.3) is 5.91 Å². The van der Waals surface area contributed by atoms with Gasteiger partial charge in [0.15, 0.2) is 0 Å². The largest absolute Gasteiger partial charge is 0.353 e. The van der Waals surface area contributed by atoms with Gasteiger partial charge in [-0.2, -0.15) is 0 Å². The molecule has 0 fully saturated rings. The molecule has 1 aromatic heterocycles. The summed E-state index contributed by atoms with van der Waals surface area (Å²) in [5.41, 5.74) is 0.324. The first-order chi connectivity index (χ1) is 11.5. The zero-order valence-electron chi connectivity index (χ0n) is 15.3. The molecule has 0 saturated carbocycles. The van der Waals surface area contributed by atoms with E-state index in [2.05, 4.69) is 36.1 Å². The molecular weight excluding hydrogens is 304 g/mol. The molecule has 1 aromatic rings. The minimum absolute atomic E-state index is 0.0244. The summed E-state index contributed by atoms with van der Waals surface area (Å²) in [7, 11) is 0. The Labute approximate surface area is 145 Å². The van der Waals surface area contributed by atoms with Crippen molar-refractivity contribution < 1.29 is 9.59 Å². The summed E-state index contributed by atoms with van der Waals surface area (Å²) in [5, 5.41) is 2.98. The molecular formula is C18H30N4O2. The number of amides is 2. The first-order valence-corrected chi connectivity index (χ1v) is 8.80. The molecule has 1 atom stereocenters. The molecule has 0 bridgehead atoms. The van der Waals surface area contributed by atoms with Gasteiger partial charge in [0, 0.05) is 37.9 Å². The van der Waals surface area contributed by atoms with Gasteiger partial charge in [0.1, 0.15) is 5.69 Å². The highest BCUT2D eigenvalue weighted by Crippen LogP contribution is 2.06. The van der Waals surface area contributed by atoms with E-state index in [1.54, 1.807) is 11.1 Å². The number of hydrogen-bond acceptors (Lipinski definition) is 4. The van der Waals surface area contributed by atoms with Crippen molar-refractivity contribution in [2.24, 2.45) is 5.92 Å². The molecule has 0 aliphatic heterocycles. The van der Waals surface area contributed by atoms with Crippen LogP contribution in [0.15, 0.2) is 18.6 Å². The van der Waals surface area contributed by atoms with Crippen LogP contribution in [0.3, 0.4) is 0 Å². The van der Waals surface area contributed by atoms with E-state index in [1.165, 1.54) is 12.4 Å². The lowest BCUT2D eigenvalue weighted by atomic mass is 10.1. The standard InChI is InChI=1S/C18H30N4O2/c1-5-6-7-11-22(18(24)16-13-19-9-10-20-16)12-8-17(23)21-15(4)14(2)3/h9-10,13-15H,5-8,11-12H2,1-4H3,(H,21,23). The second kappa shape index (κ2) is 10.7. The fourth-order valence-corrected chi connectivity index (χ4v) is 2.17. The lowest BCUT2D eigenvalue weighted by Crippen LogP contribution is -2.40. The molecule has 1 N–H and O–H groups in total. The molecule has 2 amide bonds. The third-order valence-electron chi connectivity index (χ3n) is 4.10. The molecule has 1 heterocycles. The van der Waals surface area contributed by atoms with Crippen molar-refractivity contribution in [1.82, 2.24) is 20.2 Å². The molecule has 0 radical (unpaired) electrons. The molecule has 6 nitrogen and oxygen atoms in total. The van der Waals surface area contributed by atoms with Crippen LogP contribution in [0.2, 0.25) is 0 Å². The maximum absolute atomic E-state index is 12.6. The molecule has 24 heavy (non-hydrogen) atoms. The number of aromatic nitrogens is 2. The maximum Gasteiger partial charge on any atom is 0.274 e. The normalized spacial score (nSPS) is 12.0. The SMILES string of the molecule is CCCCCN(CCC(=O)NC(C)C(C)C)C(=O)c1cnccn1. The average Bonchev–Trinajstić information content (AvgIpc) is 2.58. The number of nitrogens with one attached hydrogen (secondary N) is 1. The topological polar surface area (TPSA) is 75.2 Å². The van der Waals surface area contributed by atoms with Crippen LogP contribution in [0.4, 0.5) is 0 Å². The quantitative estimate of drug-likeness (QED) is 0.668. The van der Waals surface area contributed by atoms with Crippen molar-refractivity contribution in [2.75, 3.05) is 13.1 Å². The fraction of sp³-hybridized carbons (Fsp3) is 0.667. The van der Waals surface area contributed by atoms with Crippen molar-refractivity contribution in [3.05, 3.63) is 24.3 Å². The van der Waals surface area contributed by atoms with Crippen LogP contribution in [0.5, 0.6) is 0 Å². The van der Waals surface area contributed by atoms with Gasteiger partial charge in [-0.3, -0.25) is 14.6 Å². The summed E-state index contributed by atoms with van der Waals surface area (Å²) >= 11 is 0. The molecule has 134 valence electrons. The molecule has 6 heteroatoms. The predicted molar refractivity (Wildman–Crippen MR) is 94.5 cm³/mol. The summed E-state index contributed by atoms with van der Waals surface area (Å²) in [6.07, 6.45) is 7.88. The monoisotopic (exact) mass is 334 g/mol. The van der Waals surface area contributed by atoms with Gasteiger partial charge in [-0.1, -0.05) is 33.6 Å². The Morgan fingerprint density at radius 3 is 2.50 bits per heavy atom. The number of carbonyl (C=O) groups is 2. The van der Waals surface area contributed by atoms with Crippen LogP contribution in [-0.2, 0) is 4.79 Å². The van der Waals surface area contributed by atoms with Crippen molar-refractivity contribution >= 4 is 11.8 Å². The van der Waals surface area contributed by atoms with Crippen molar-refractivity contribution in [3.8, 4) is 0 Å². The Kier molecular flexibility index (Phi) is 8.97. The number of carbonyl (C=O) groups excluding carboxylic acids is 2. The summed E-state index contributed by atoms with van der Waals surface area (Å²) < 4.78 is 0. The van der Waals surface area contributed by atoms with Crippen molar-refractivity contribution in [2.45, 2.75) is 59.4 Å². The van der Waals surface area contributed by atoms with E-state index in [-0.39, 0.29) is 17.9 Å². The van der Waals surface area contributed by atoms with Crippen molar-refractivity contribution in [3.63, 3.8) is 0 Å². The maximum atomic E-state index is 12.6. The van der Waals surface area contributed by atoms with Crippen molar-refractivity contribution in [1.29, 1.82) is 0 Å². The lowest BCUT2D eigenvalue weighted by Gasteiger charge is -2.23. The van der Waals surface area contributed by atoms with E-state index < -0.39 is 0 Å². The molecule has 0 aliphatic carbocycles. The predicted octanol–water partition coefficient (Wildman–Crippen LogP) is 2.66. The van der Waals surface area contributed by atoms with Gasteiger partial charge in [-0.15, -0.1) is 0 Å². The van der Waals surface area contributed by atoms with Gasteiger partial charge in [-0.25, -0.2) is 4.98 Å². The zero-order chi connectivity index (χ0) is 17.9. The first-order valence-electron chi connectivity index (χ1n) is 8.80. The Bertz CT molecular complexity index is 505. The fourth-order valence-electron chi connectivity index (χ4n) is 2.17. The Morgan fingerprint density at radius 2 is 1.92 bits per heavy atom. The number of rotatable bonds is 10. The minimum atomic E-state index is -0.163. The second-order valence-corrected chi connectivity index (χ2v) is 6.44. The highest BCUT2D eigenvalue weighted by molar-refractivity contribution is 5.92. The van der Waals surface area contributed by atoms with E-state index in [1.807, 2.05) is 6.92 Å². The third kappa shape index (κ3) is 7.06. The van der Waals surface area contributed by atoms with Crippen LogP contribution in [-0.4, -0.2) is 45.8 Å². The Hall–Kier alpha value is -1.98. The van der Waals surface area contributed by atoms with Crippen LogP contribution in [0.25, 0.3) is 0 Å². The van der Waals surface area contributed by atoms with Crippen LogP contribution < -0.4 is 5.32 Å². The van der Waals surface area contributed by atoms with Gasteiger partial charge in [0.2, 0.25) is 5.91 Å². The van der Waals surface area contributed by atoms with E-state index in [0.29, 0.717) is 31.1 Å². The van der Waals surface area contributed by atoms with Gasteiger partial charge in [0.05, 0.1) is 6.20 Å². The van der Waals surface area contributed by atoms with Gasteiger partial charge >= 0.3 is 0 Å². The molecule has 1 unspecified atom stereocenters. The molecule has 1 rings (SSSR count). The molecule has 0 spiro atoms. The number of hydrogen-bond donors (Lipinski definition) is 1. The van der Waals surface area contributed by atoms with E-state index in [0.717, 1.165) is 19.3 Å². The third-order valence-corrected chi connectivity index (χ3v) is 4.10. The second-order valence-electron chi connectivity index (χ2n) is 6.44. The van der Waals surface area contributed by atoms with Gasteiger partial charge in [-0.05, 0) is 19.3 Å². The number of unbranched alkanes of at least 4 members (excludes halogenated alkanes) is 2. The molecule has 0 aromatic carbocycles. The van der Waals surface area contributed by atoms with Crippen LogP contribution in [0.1, 0.15) is 63.9 Å². The molecule has 0 saturated heterocycles. The minimum Gasteiger partial charge on any atom is -0.353 e. The average molecular weight is 334 g/mol. The first kappa shape index (κ1) is 20.1. The summed E-state index contributed by atoms with van der Waals surface area (Å²) in [5.74, 6) is 0.198. The van der Waals surface area contributed by atoms with E-state index in [4.69, 9.17) is 0 Å². The number of nitrogens with zero attached hydrogens (tertiary/aromatic N) is 3. The highest BCUT2D eigenvalue weighted by Gasteiger charge is 2.18. The lowest BCUT2D eigenvalue weighted by molar-refractivity contribution is -0.122. The summed E-state index contributed by atoms with van der Waals surface area (Å²) in [4.78, 5) is 34.4.